The molecule has 3 fully saturated rings. The van der Waals surface area contributed by atoms with Crippen LogP contribution in [0.2, 0.25) is 0 Å². The lowest BCUT2D eigenvalue weighted by Crippen LogP contribution is -2.25. The van der Waals surface area contributed by atoms with Crippen molar-refractivity contribution in [2.75, 3.05) is 7.11 Å². The highest BCUT2D eigenvalue weighted by atomic mass is 35.5. The molecule has 2 bridgehead atoms. The van der Waals surface area contributed by atoms with E-state index in [1.807, 2.05) is 0 Å². The van der Waals surface area contributed by atoms with Crippen molar-refractivity contribution in [1.29, 1.82) is 0 Å². The normalized spacial score (nSPS) is 24.4. The monoisotopic (exact) mass is 254 g/mol. The van der Waals surface area contributed by atoms with Crippen LogP contribution >= 0.6 is 11.6 Å². The van der Waals surface area contributed by atoms with Crippen LogP contribution in [-0.2, 0) is 4.74 Å². The molecule has 0 radical (unpaired) electrons. The predicted octanol–water partition coefficient (Wildman–Crippen LogP) is 3.01. The molecule has 2 unspecified atom stereocenters. The predicted molar refractivity (Wildman–Crippen MR) is 65.7 cm³/mol. The lowest BCUT2D eigenvalue weighted by atomic mass is 10.2. The fraction of sp³-hybridized carbons (Fsp3) is 0.462. The average molecular weight is 255 g/mol. The van der Waals surface area contributed by atoms with Crippen molar-refractivity contribution < 1.29 is 14.3 Å². The van der Waals surface area contributed by atoms with Gasteiger partial charge in [-0.05, 0) is 55.1 Å². The van der Waals surface area contributed by atoms with Gasteiger partial charge in [-0.2, -0.15) is 0 Å². The number of carbonyl (C=O) groups is 1. The van der Waals surface area contributed by atoms with Crippen molar-refractivity contribution in [1.82, 2.24) is 0 Å². The molecule has 1 saturated carbocycles. The van der Waals surface area contributed by atoms with Gasteiger partial charge in [-0.3, -0.25) is 4.79 Å². The summed E-state index contributed by atoms with van der Waals surface area (Å²) in [5.74, 6) is 0.715. The minimum absolute atomic E-state index is 0.451. The van der Waals surface area contributed by atoms with Gasteiger partial charge in [-0.15, -0.1) is 0 Å². The minimum atomic E-state index is -0.451. The van der Waals surface area contributed by atoms with Crippen LogP contribution in [0.3, 0.4) is 0 Å². The van der Waals surface area contributed by atoms with Crippen LogP contribution in [0.1, 0.15) is 29.6 Å². The van der Waals surface area contributed by atoms with Gasteiger partial charge in [0.05, 0.1) is 19.3 Å². The Hall–Kier alpha value is -1.06. The zero-order valence-corrected chi connectivity index (χ0v) is 10.4. The molecule has 0 aromatic heterocycles. The maximum Gasteiger partial charge on any atom is 0.252 e. The first kappa shape index (κ1) is 12.4. The van der Waals surface area contributed by atoms with Crippen molar-refractivity contribution in [3.63, 3.8) is 0 Å². The first-order chi connectivity index (χ1) is 8.19. The molecule has 92 valence electrons. The van der Waals surface area contributed by atoms with Gasteiger partial charge in [0.1, 0.15) is 5.75 Å². The van der Waals surface area contributed by atoms with Gasteiger partial charge in [0, 0.05) is 5.56 Å². The number of halogens is 1. The van der Waals surface area contributed by atoms with Gasteiger partial charge in [0.2, 0.25) is 0 Å². The SMILES string of the molecule is C1CC2CC1O2.COc1ccc(C(=O)Cl)cc1. The van der Waals surface area contributed by atoms with Gasteiger partial charge in [-0.25, -0.2) is 0 Å². The van der Waals surface area contributed by atoms with E-state index in [1.54, 1.807) is 31.4 Å². The average Bonchev–Trinajstić information content (AvgIpc) is 2.93. The Morgan fingerprint density at radius 3 is 2.12 bits per heavy atom. The van der Waals surface area contributed by atoms with Gasteiger partial charge in [-0.1, -0.05) is 0 Å². The molecule has 2 saturated heterocycles. The van der Waals surface area contributed by atoms with Crippen LogP contribution in [0.25, 0.3) is 0 Å². The summed E-state index contributed by atoms with van der Waals surface area (Å²) >= 11 is 5.22. The van der Waals surface area contributed by atoms with E-state index in [0.29, 0.717) is 23.5 Å². The molecule has 4 heteroatoms. The third-order valence-corrected chi connectivity index (χ3v) is 3.26. The second-order valence-electron chi connectivity index (χ2n) is 4.20. The van der Waals surface area contributed by atoms with E-state index in [0.717, 1.165) is 0 Å². The Kier molecular flexibility index (Phi) is 4.02. The summed E-state index contributed by atoms with van der Waals surface area (Å²) in [7, 11) is 1.57. The topological polar surface area (TPSA) is 35.5 Å². The van der Waals surface area contributed by atoms with Gasteiger partial charge in [0.25, 0.3) is 5.24 Å². The van der Waals surface area contributed by atoms with E-state index in [9.17, 15) is 4.79 Å². The molecule has 2 aliphatic heterocycles. The van der Waals surface area contributed by atoms with Gasteiger partial charge in [0.15, 0.2) is 0 Å². The van der Waals surface area contributed by atoms with Crippen molar-refractivity contribution in [3.05, 3.63) is 29.8 Å². The molecule has 3 nitrogen and oxygen atoms in total. The molecule has 3 aliphatic rings. The van der Waals surface area contributed by atoms with Crippen LogP contribution in [-0.4, -0.2) is 24.6 Å². The van der Waals surface area contributed by atoms with Crippen LogP contribution < -0.4 is 4.74 Å². The highest BCUT2D eigenvalue weighted by Gasteiger charge is 2.36. The first-order valence-corrected chi connectivity index (χ1v) is 6.06. The van der Waals surface area contributed by atoms with Crippen LogP contribution in [0.5, 0.6) is 5.75 Å². The summed E-state index contributed by atoms with van der Waals surface area (Å²) in [4.78, 5) is 10.6. The summed E-state index contributed by atoms with van der Waals surface area (Å²) < 4.78 is 10.1. The van der Waals surface area contributed by atoms with Crippen molar-refractivity contribution in [2.45, 2.75) is 31.5 Å². The smallest absolute Gasteiger partial charge is 0.252 e. The molecular weight excluding hydrogens is 240 g/mol. The van der Waals surface area contributed by atoms with Crippen molar-refractivity contribution >= 4 is 16.8 Å². The number of rotatable bonds is 2. The van der Waals surface area contributed by atoms with E-state index in [-0.39, 0.29) is 0 Å². The standard InChI is InChI=1S/C8H7ClO2.C5H8O/c1-11-7-4-2-6(3-5-7)8(9)10;1-2-5-3-4(1)6-5/h2-5H,1H3;4-5H,1-3H2. The summed E-state index contributed by atoms with van der Waals surface area (Å²) in [6.45, 7) is 0. The van der Waals surface area contributed by atoms with Crippen molar-refractivity contribution in [2.24, 2.45) is 0 Å². The molecule has 1 aromatic rings. The van der Waals surface area contributed by atoms with E-state index in [1.165, 1.54) is 19.3 Å². The number of hydrogen-bond acceptors (Lipinski definition) is 3. The van der Waals surface area contributed by atoms with Crippen LogP contribution in [0.4, 0.5) is 0 Å². The summed E-state index contributed by atoms with van der Waals surface area (Å²) in [6, 6.07) is 6.62. The van der Waals surface area contributed by atoms with Crippen molar-refractivity contribution in [3.8, 4) is 5.75 Å². The summed E-state index contributed by atoms with van der Waals surface area (Å²) in [5, 5.41) is -0.451. The Labute approximate surface area is 106 Å². The Balaban J connectivity index is 0.000000148. The molecule has 17 heavy (non-hydrogen) atoms. The number of carbonyl (C=O) groups excluding carboxylic acids is 1. The number of benzene rings is 1. The highest BCUT2D eigenvalue weighted by Crippen LogP contribution is 2.36. The van der Waals surface area contributed by atoms with Crippen LogP contribution in [0, 0.1) is 0 Å². The third-order valence-electron chi connectivity index (χ3n) is 3.04. The maximum absolute atomic E-state index is 10.6. The van der Waals surface area contributed by atoms with Gasteiger partial charge < -0.3 is 9.47 Å². The largest absolute Gasteiger partial charge is 0.497 e. The molecule has 1 aromatic carbocycles. The molecule has 0 N–H and O–H groups in total. The number of ether oxygens (including phenoxy) is 2. The zero-order chi connectivity index (χ0) is 12.3. The molecule has 2 atom stereocenters. The van der Waals surface area contributed by atoms with E-state index < -0.39 is 5.24 Å². The van der Waals surface area contributed by atoms with E-state index in [2.05, 4.69) is 0 Å². The highest BCUT2D eigenvalue weighted by molar-refractivity contribution is 6.67. The zero-order valence-electron chi connectivity index (χ0n) is 9.69. The van der Waals surface area contributed by atoms with E-state index in [4.69, 9.17) is 21.1 Å². The number of methoxy groups -OCH3 is 1. The molecule has 1 aliphatic carbocycles. The molecule has 2 heterocycles. The lowest BCUT2D eigenvalue weighted by molar-refractivity contribution is -0.0647. The third kappa shape index (κ3) is 3.20. The van der Waals surface area contributed by atoms with E-state index >= 15 is 0 Å². The second kappa shape index (κ2) is 5.52. The Morgan fingerprint density at radius 2 is 1.82 bits per heavy atom. The number of hydrogen-bond donors (Lipinski definition) is 0. The summed E-state index contributed by atoms with van der Waals surface area (Å²) in [6.07, 6.45) is 5.42. The summed E-state index contributed by atoms with van der Waals surface area (Å²) in [5.41, 5.74) is 0.479. The molecule has 0 amide bonds. The Bertz CT molecular complexity index is 369. The fourth-order valence-corrected chi connectivity index (χ4v) is 2.15. The van der Waals surface area contributed by atoms with Gasteiger partial charge >= 0.3 is 0 Å². The maximum atomic E-state index is 10.6. The first-order valence-electron chi connectivity index (χ1n) is 5.68. The van der Waals surface area contributed by atoms with Crippen LogP contribution in [0.15, 0.2) is 24.3 Å². The second-order valence-corrected chi connectivity index (χ2v) is 4.54. The molecule has 0 spiro atoms. The lowest BCUT2D eigenvalue weighted by Gasteiger charge is -2.23. The molecular formula is C13H15ClO3. The fourth-order valence-electron chi connectivity index (χ4n) is 2.02. The minimum Gasteiger partial charge on any atom is -0.497 e. The quantitative estimate of drug-likeness (QED) is 0.761. The number of fused-ring (bicyclic) bond motifs is 1. The Morgan fingerprint density at radius 1 is 1.29 bits per heavy atom. The molecule has 4 rings (SSSR count).